The van der Waals surface area contributed by atoms with Gasteiger partial charge in [-0.1, -0.05) is 13.0 Å². The first-order chi connectivity index (χ1) is 15.2. The molecule has 0 saturated heterocycles. The van der Waals surface area contributed by atoms with Crippen LogP contribution in [0.4, 0.5) is 17.6 Å². The van der Waals surface area contributed by atoms with Crippen LogP contribution in [0.5, 0.6) is 0 Å². The molecular weight excluding hydrogens is 430 g/mol. The SMILES string of the molecule is CCCn1c(-c2cnn(Cc3ccc(C(F)(F)F)c(F)c3)c2)nc2nc(C#N)[nH]c(=O)c21. The molecule has 4 rings (SSSR count). The van der Waals surface area contributed by atoms with Crippen molar-refractivity contribution in [3.63, 3.8) is 0 Å². The normalized spacial score (nSPS) is 11.8. The smallest absolute Gasteiger partial charge is 0.318 e. The number of aromatic amines is 1. The Morgan fingerprint density at radius 3 is 2.69 bits per heavy atom. The van der Waals surface area contributed by atoms with Gasteiger partial charge in [-0.2, -0.15) is 28.5 Å². The number of imidazole rings is 1. The van der Waals surface area contributed by atoms with Gasteiger partial charge in [-0.05, 0) is 24.1 Å². The standard InChI is InChI=1S/C20H15F4N7O/c1-2-5-31-16-17(27-15(7-25)28-19(16)32)29-18(31)12-8-26-30(10-12)9-11-3-4-13(14(21)6-11)20(22,23)24/h3-4,6,8,10H,2,5,9H2,1H3,(H,27,28,32). The average molecular weight is 445 g/mol. The van der Waals surface area contributed by atoms with E-state index in [1.807, 2.05) is 6.92 Å². The second-order valence-corrected chi connectivity index (χ2v) is 7.02. The van der Waals surface area contributed by atoms with Crippen LogP contribution in [0.25, 0.3) is 22.6 Å². The fourth-order valence-electron chi connectivity index (χ4n) is 3.40. The lowest BCUT2D eigenvalue weighted by atomic mass is 10.1. The van der Waals surface area contributed by atoms with Crippen molar-refractivity contribution in [1.82, 2.24) is 29.3 Å². The molecule has 0 aliphatic carbocycles. The number of rotatable bonds is 5. The third-order valence-corrected chi connectivity index (χ3v) is 4.74. The van der Waals surface area contributed by atoms with Crippen LogP contribution in [0.15, 0.2) is 35.4 Å². The number of H-pyrrole nitrogens is 1. The molecule has 32 heavy (non-hydrogen) atoms. The van der Waals surface area contributed by atoms with Crippen LogP contribution in [0.1, 0.15) is 30.3 Å². The summed E-state index contributed by atoms with van der Waals surface area (Å²) in [5.41, 5.74) is -0.660. The maximum atomic E-state index is 13.8. The number of nitrogens with one attached hydrogen (secondary N) is 1. The Labute approximate surface area is 177 Å². The zero-order valence-electron chi connectivity index (χ0n) is 16.6. The topological polar surface area (TPSA) is 105 Å². The summed E-state index contributed by atoms with van der Waals surface area (Å²) in [4.78, 5) is 23.3. The molecule has 3 aromatic heterocycles. The average Bonchev–Trinajstić information content (AvgIpc) is 3.32. The fraction of sp³-hybridized carbons (Fsp3) is 0.250. The summed E-state index contributed by atoms with van der Waals surface area (Å²) in [6.45, 7) is 2.40. The molecule has 0 saturated carbocycles. The maximum Gasteiger partial charge on any atom is 0.419 e. The van der Waals surface area contributed by atoms with Crippen molar-refractivity contribution >= 4 is 11.2 Å². The first-order valence-corrected chi connectivity index (χ1v) is 9.50. The van der Waals surface area contributed by atoms with Crippen molar-refractivity contribution in [3.8, 4) is 17.5 Å². The van der Waals surface area contributed by atoms with Gasteiger partial charge >= 0.3 is 6.18 Å². The molecule has 0 atom stereocenters. The number of nitriles is 1. The summed E-state index contributed by atoms with van der Waals surface area (Å²) in [5.74, 6) is -1.11. The van der Waals surface area contributed by atoms with Gasteiger partial charge in [-0.25, -0.2) is 9.37 Å². The van der Waals surface area contributed by atoms with E-state index in [0.717, 1.165) is 6.07 Å². The minimum Gasteiger partial charge on any atom is -0.318 e. The predicted molar refractivity (Wildman–Crippen MR) is 105 cm³/mol. The summed E-state index contributed by atoms with van der Waals surface area (Å²) in [5, 5.41) is 13.2. The molecule has 0 bridgehead atoms. The van der Waals surface area contributed by atoms with Gasteiger partial charge in [0.2, 0.25) is 5.82 Å². The molecule has 1 aromatic carbocycles. The van der Waals surface area contributed by atoms with E-state index >= 15 is 0 Å². The second-order valence-electron chi connectivity index (χ2n) is 7.02. The molecule has 0 aliphatic heterocycles. The van der Waals surface area contributed by atoms with E-state index in [2.05, 4.69) is 20.1 Å². The Morgan fingerprint density at radius 2 is 2.03 bits per heavy atom. The number of halogens is 4. The van der Waals surface area contributed by atoms with Crippen LogP contribution >= 0.6 is 0 Å². The molecule has 0 fully saturated rings. The second kappa shape index (κ2) is 7.92. The largest absolute Gasteiger partial charge is 0.419 e. The molecule has 0 amide bonds. The van der Waals surface area contributed by atoms with Crippen molar-refractivity contribution in [2.24, 2.45) is 0 Å². The molecule has 4 aromatic rings. The van der Waals surface area contributed by atoms with Crippen LogP contribution in [-0.4, -0.2) is 29.3 Å². The van der Waals surface area contributed by atoms with Crippen LogP contribution < -0.4 is 5.56 Å². The van der Waals surface area contributed by atoms with Gasteiger partial charge in [0.05, 0.1) is 23.9 Å². The number of aromatic nitrogens is 6. The Morgan fingerprint density at radius 1 is 1.25 bits per heavy atom. The summed E-state index contributed by atoms with van der Waals surface area (Å²) < 4.78 is 55.2. The van der Waals surface area contributed by atoms with E-state index in [4.69, 9.17) is 5.26 Å². The first-order valence-electron chi connectivity index (χ1n) is 9.50. The van der Waals surface area contributed by atoms with Crippen molar-refractivity contribution in [1.29, 1.82) is 5.26 Å². The van der Waals surface area contributed by atoms with Gasteiger partial charge in [-0.15, -0.1) is 0 Å². The lowest BCUT2D eigenvalue weighted by Gasteiger charge is -2.09. The molecule has 1 N–H and O–H groups in total. The lowest BCUT2D eigenvalue weighted by molar-refractivity contribution is -0.140. The third-order valence-electron chi connectivity index (χ3n) is 4.74. The minimum absolute atomic E-state index is 0.0283. The minimum atomic E-state index is -4.77. The highest BCUT2D eigenvalue weighted by Crippen LogP contribution is 2.31. The van der Waals surface area contributed by atoms with Crippen LogP contribution in [0.2, 0.25) is 0 Å². The van der Waals surface area contributed by atoms with Gasteiger partial charge in [0.25, 0.3) is 5.56 Å². The zero-order valence-corrected chi connectivity index (χ0v) is 16.6. The third kappa shape index (κ3) is 3.84. The van der Waals surface area contributed by atoms with E-state index in [1.165, 1.54) is 16.9 Å². The Bertz CT molecular complexity index is 1410. The van der Waals surface area contributed by atoms with Gasteiger partial charge in [0.15, 0.2) is 11.2 Å². The number of fused-ring (bicyclic) bond motifs is 1. The molecule has 164 valence electrons. The van der Waals surface area contributed by atoms with Gasteiger partial charge in [0.1, 0.15) is 17.7 Å². The molecule has 0 radical (unpaired) electrons. The predicted octanol–water partition coefficient (Wildman–Crippen LogP) is 3.47. The van der Waals surface area contributed by atoms with E-state index in [9.17, 15) is 22.4 Å². The Kier molecular flexibility index (Phi) is 5.25. The Hall–Kier alpha value is -4.01. The maximum absolute atomic E-state index is 13.8. The number of benzene rings is 1. The van der Waals surface area contributed by atoms with Crippen LogP contribution in [0, 0.1) is 17.1 Å². The Balaban J connectivity index is 1.70. The van der Waals surface area contributed by atoms with E-state index < -0.39 is 23.1 Å². The van der Waals surface area contributed by atoms with E-state index in [-0.39, 0.29) is 23.5 Å². The molecule has 3 heterocycles. The number of hydrogen-bond donors (Lipinski definition) is 1. The number of hydrogen-bond acceptors (Lipinski definition) is 5. The van der Waals surface area contributed by atoms with E-state index in [1.54, 1.807) is 16.8 Å². The van der Waals surface area contributed by atoms with Gasteiger partial charge in [-0.3, -0.25) is 14.5 Å². The summed E-state index contributed by atoms with van der Waals surface area (Å²) in [7, 11) is 0. The van der Waals surface area contributed by atoms with Crippen molar-refractivity contribution in [2.45, 2.75) is 32.6 Å². The number of aryl methyl sites for hydroxylation is 1. The van der Waals surface area contributed by atoms with Crippen LogP contribution in [0.3, 0.4) is 0 Å². The van der Waals surface area contributed by atoms with Crippen molar-refractivity contribution in [3.05, 3.63) is 63.7 Å². The molecule has 0 aliphatic rings. The highest BCUT2D eigenvalue weighted by molar-refractivity contribution is 5.76. The molecule has 8 nitrogen and oxygen atoms in total. The molecule has 0 spiro atoms. The van der Waals surface area contributed by atoms with Gasteiger partial charge in [0, 0.05) is 12.7 Å². The quantitative estimate of drug-likeness (QED) is 0.474. The van der Waals surface area contributed by atoms with Crippen molar-refractivity contribution in [2.75, 3.05) is 0 Å². The van der Waals surface area contributed by atoms with Crippen LogP contribution in [-0.2, 0) is 19.3 Å². The number of nitrogens with zero attached hydrogens (tertiary/aromatic N) is 6. The van der Waals surface area contributed by atoms with Gasteiger partial charge < -0.3 is 4.57 Å². The molecule has 0 unspecified atom stereocenters. The molecular formula is C20H15F4N7O. The summed E-state index contributed by atoms with van der Waals surface area (Å²) in [6, 6.07) is 4.48. The highest BCUT2D eigenvalue weighted by atomic mass is 19.4. The monoisotopic (exact) mass is 445 g/mol. The summed E-state index contributed by atoms with van der Waals surface area (Å²) >= 11 is 0. The van der Waals surface area contributed by atoms with Crippen molar-refractivity contribution < 1.29 is 17.6 Å². The van der Waals surface area contributed by atoms with E-state index in [0.29, 0.717) is 36.0 Å². The molecule has 12 heteroatoms. The number of alkyl halides is 3. The highest BCUT2D eigenvalue weighted by Gasteiger charge is 2.33. The zero-order chi connectivity index (χ0) is 23.0. The first kappa shape index (κ1) is 21.2. The lowest BCUT2D eigenvalue weighted by Crippen LogP contribution is -2.14. The summed E-state index contributed by atoms with van der Waals surface area (Å²) in [6.07, 6.45) is -1.01. The fourth-order valence-corrected chi connectivity index (χ4v) is 3.40.